The lowest BCUT2D eigenvalue weighted by Gasteiger charge is -2.01. The first-order chi connectivity index (χ1) is 7.20. The van der Waals surface area contributed by atoms with Crippen LogP contribution in [0.15, 0.2) is 5.51 Å². The lowest BCUT2D eigenvalue weighted by atomic mass is 10.3. The van der Waals surface area contributed by atoms with Crippen LogP contribution in [0.3, 0.4) is 0 Å². The summed E-state index contributed by atoms with van der Waals surface area (Å²) in [5.74, 6) is -1.13. The van der Waals surface area contributed by atoms with Crippen molar-refractivity contribution >= 4 is 23.3 Å². The minimum atomic E-state index is -0.596. The highest BCUT2D eigenvalue weighted by molar-refractivity contribution is 7.12. The molecule has 0 saturated heterocycles. The maximum Gasteiger partial charge on any atom is 0.358 e. The molecule has 1 aromatic heterocycles. The van der Waals surface area contributed by atoms with Crippen LogP contribution in [-0.2, 0) is 9.47 Å². The molecule has 1 rings (SSSR count). The lowest BCUT2D eigenvalue weighted by Crippen LogP contribution is -2.12. The van der Waals surface area contributed by atoms with Gasteiger partial charge in [-0.1, -0.05) is 0 Å². The number of rotatable bonds is 4. The van der Waals surface area contributed by atoms with Crippen LogP contribution >= 0.6 is 11.3 Å². The minimum absolute atomic E-state index is 0.0281. The van der Waals surface area contributed by atoms with Crippen molar-refractivity contribution in [1.82, 2.24) is 4.98 Å². The van der Waals surface area contributed by atoms with Gasteiger partial charge in [-0.25, -0.2) is 14.6 Å². The summed E-state index contributed by atoms with van der Waals surface area (Å²) < 4.78 is 9.53. The smallest absolute Gasteiger partial charge is 0.358 e. The summed E-state index contributed by atoms with van der Waals surface area (Å²) in [5.41, 5.74) is 1.44. The summed E-state index contributed by atoms with van der Waals surface area (Å²) in [6.07, 6.45) is 0. The maximum absolute atomic E-state index is 11.4. The fourth-order valence-corrected chi connectivity index (χ4v) is 1.60. The van der Waals surface area contributed by atoms with E-state index in [1.54, 1.807) is 13.8 Å². The van der Waals surface area contributed by atoms with Gasteiger partial charge in [-0.05, 0) is 13.8 Å². The minimum Gasteiger partial charge on any atom is -0.462 e. The summed E-state index contributed by atoms with van der Waals surface area (Å²) in [4.78, 5) is 26.7. The zero-order chi connectivity index (χ0) is 11.3. The van der Waals surface area contributed by atoms with Gasteiger partial charge < -0.3 is 9.47 Å². The van der Waals surface area contributed by atoms with E-state index in [1.807, 2.05) is 0 Å². The fourth-order valence-electron chi connectivity index (χ4n) is 0.932. The number of ether oxygens (including phenoxy) is 2. The van der Waals surface area contributed by atoms with Gasteiger partial charge >= 0.3 is 11.9 Å². The molecular weight excluding hydrogens is 218 g/mol. The summed E-state index contributed by atoms with van der Waals surface area (Å²) in [6, 6.07) is 0. The molecule has 0 spiro atoms. The van der Waals surface area contributed by atoms with Gasteiger partial charge in [-0.2, -0.15) is 0 Å². The standard InChI is InChI=1S/C9H11NO4S/c1-3-13-8(11)6-7(15-5-10-6)9(12)14-4-2/h5H,3-4H2,1-2H3. The van der Waals surface area contributed by atoms with E-state index < -0.39 is 11.9 Å². The molecule has 0 amide bonds. The molecular formula is C9H11NO4S. The molecule has 0 unspecified atom stereocenters. The van der Waals surface area contributed by atoms with Gasteiger partial charge in [0.05, 0.1) is 18.7 Å². The number of nitrogens with zero attached hydrogens (tertiary/aromatic N) is 1. The van der Waals surface area contributed by atoms with Gasteiger partial charge in [0.25, 0.3) is 0 Å². The molecule has 0 aliphatic heterocycles. The highest BCUT2D eigenvalue weighted by Gasteiger charge is 2.22. The average Bonchev–Trinajstić information content (AvgIpc) is 2.66. The Morgan fingerprint density at radius 3 is 2.47 bits per heavy atom. The van der Waals surface area contributed by atoms with E-state index in [2.05, 4.69) is 4.98 Å². The van der Waals surface area contributed by atoms with Crippen LogP contribution in [0.2, 0.25) is 0 Å². The third-order valence-corrected chi connectivity index (χ3v) is 2.30. The van der Waals surface area contributed by atoms with Crippen molar-refractivity contribution in [3.05, 3.63) is 16.1 Å². The van der Waals surface area contributed by atoms with E-state index in [4.69, 9.17) is 9.47 Å². The normalized spacial score (nSPS) is 9.73. The van der Waals surface area contributed by atoms with Crippen LogP contribution in [-0.4, -0.2) is 30.1 Å². The van der Waals surface area contributed by atoms with Crippen LogP contribution in [0.4, 0.5) is 0 Å². The van der Waals surface area contributed by atoms with Crippen molar-refractivity contribution in [3.8, 4) is 0 Å². The van der Waals surface area contributed by atoms with E-state index in [1.165, 1.54) is 5.51 Å². The van der Waals surface area contributed by atoms with E-state index in [0.717, 1.165) is 11.3 Å². The number of hydrogen-bond acceptors (Lipinski definition) is 6. The van der Waals surface area contributed by atoms with E-state index in [9.17, 15) is 9.59 Å². The summed E-state index contributed by atoms with van der Waals surface area (Å²) >= 11 is 1.07. The molecule has 0 saturated carbocycles. The van der Waals surface area contributed by atoms with Gasteiger partial charge in [-0.3, -0.25) is 0 Å². The molecule has 0 radical (unpaired) electrons. The fraction of sp³-hybridized carbons (Fsp3) is 0.444. The number of thiazole rings is 1. The second-order valence-electron chi connectivity index (χ2n) is 2.47. The van der Waals surface area contributed by atoms with Crippen molar-refractivity contribution < 1.29 is 19.1 Å². The monoisotopic (exact) mass is 229 g/mol. The van der Waals surface area contributed by atoms with Gasteiger partial charge in [0.1, 0.15) is 4.88 Å². The van der Waals surface area contributed by atoms with Crippen LogP contribution < -0.4 is 0 Å². The molecule has 0 aliphatic rings. The van der Waals surface area contributed by atoms with Crippen molar-refractivity contribution in [2.75, 3.05) is 13.2 Å². The average molecular weight is 229 g/mol. The van der Waals surface area contributed by atoms with Crippen molar-refractivity contribution in [2.24, 2.45) is 0 Å². The van der Waals surface area contributed by atoms with Gasteiger partial charge in [0, 0.05) is 0 Å². The summed E-state index contributed by atoms with van der Waals surface area (Å²) in [5, 5.41) is 0. The number of carbonyl (C=O) groups excluding carboxylic acids is 2. The molecule has 6 heteroatoms. The molecule has 0 fully saturated rings. The summed E-state index contributed by atoms with van der Waals surface area (Å²) in [7, 11) is 0. The molecule has 1 heterocycles. The number of hydrogen-bond donors (Lipinski definition) is 0. The van der Waals surface area contributed by atoms with E-state index in [-0.39, 0.29) is 23.8 Å². The first kappa shape index (κ1) is 11.6. The Morgan fingerprint density at radius 2 is 1.87 bits per heavy atom. The van der Waals surface area contributed by atoms with E-state index in [0.29, 0.717) is 0 Å². The van der Waals surface area contributed by atoms with Crippen molar-refractivity contribution in [3.63, 3.8) is 0 Å². The maximum atomic E-state index is 11.4. The third-order valence-electron chi connectivity index (χ3n) is 1.50. The lowest BCUT2D eigenvalue weighted by molar-refractivity contribution is 0.0479. The van der Waals surface area contributed by atoms with Crippen LogP contribution in [0.1, 0.15) is 34.0 Å². The Bertz CT molecular complexity index is 328. The second-order valence-corrected chi connectivity index (χ2v) is 3.33. The largest absolute Gasteiger partial charge is 0.462 e. The Labute approximate surface area is 91.0 Å². The first-order valence-corrected chi connectivity index (χ1v) is 5.36. The topological polar surface area (TPSA) is 65.5 Å². The Morgan fingerprint density at radius 1 is 1.27 bits per heavy atom. The Kier molecular flexibility index (Phi) is 4.23. The second kappa shape index (κ2) is 5.45. The predicted octanol–water partition coefficient (Wildman–Crippen LogP) is 1.50. The highest BCUT2D eigenvalue weighted by atomic mass is 32.1. The molecule has 0 atom stereocenters. The molecule has 0 aliphatic carbocycles. The number of aromatic nitrogens is 1. The van der Waals surface area contributed by atoms with Gasteiger partial charge in [0.2, 0.25) is 0 Å². The van der Waals surface area contributed by atoms with E-state index >= 15 is 0 Å². The zero-order valence-electron chi connectivity index (χ0n) is 8.48. The first-order valence-electron chi connectivity index (χ1n) is 4.48. The zero-order valence-corrected chi connectivity index (χ0v) is 9.30. The van der Waals surface area contributed by atoms with Crippen LogP contribution in [0.25, 0.3) is 0 Å². The molecule has 1 aromatic rings. The molecule has 5 nitrogen and oxygen atoms in total. The Balaban J connectivity index is 2.86. The summed E-state index contributed by atoms with van der Waals surface area (Å²) in [6.45, 7) is 3.90. The quantitative estimate of drug-likeness (QED) is 0.732. The van der Waals surface area contributed by atoms with Gasteiger partial charge in [-0.15, -0.1) is 11.3 Å². The SMILES string of the molecule is CCOC(=O)c1ncsc1C(=O)OCC. The third kappa shape index (κ3) is 2.76. The Hall–Kier alpha value is -1.43. The van der Waals surface area contributed by atoms with Crippen molar-refractivity contribution in [2.45, 2.75) is 13.8 Å². The molecule has 0 N–H and O–H groups in total. The molecule has 0 bridgehead atoms. The molecule has 15 heavy (non-hydrogen) atoms. The van der Waals surface area contributed by atoms with Crippen molar-refractivity contribution in [1.29, 1.82) is 0 Å². The molecule has 0 aromatic carbocycles. The number of esters is 2. The molecule has 82 valence electrons. The van der Waals surface area contributed by atoms with Crippen LogP contribution in [0, 0.1) is 0 Å². The predicted molar refractivity (Wildman–Crippen MR) is 54.0 cm³/mol. The van der Waals surface area contributed by atoms with Crippen LogP contribution in [0.5, 0.6) is 0 Å². The number of carbonyl (C=O) groups is 2. The highest BCUT2D eigenvalue weighted by Crippen LogP contribution is 2.15. The van der Waals surface area contributed by atoms with Gasteiger partial charge in [0.15, 0.2) is 5.69 Å².